The Balaban J connectivity index is 2.01. The summed E-state index contributed by atoms with van der Waals surface area (Å²) in [6, 6.07) is 9.37. The summed E-state index contributed by atoms with van der Waals surface area (Å²) in [6.07, 6.45) is -0.543. The van der Waals surface area contributed by atoms with E-state index in [4.69, 9.17) is 9.47 Å². The molecule has 26 heavy (non-hydrogen) atoms. The second-order valence-corrected chi connectivity index (χ2v) is 6.11. The van der Waals surface area contributed by atoms with E-state index in [9.17, 15) is 14.9 Å². The molecule has 0 fully saturated rings. The summed E-state index contributed by atoms with van der Waals surface area (Å²) in [7, 11) is 1.59. The number of rotatable bonds is 8. The first-order chi connectivity index (χ1) is 12.6. The third-order valence-corrected chi connectivity index (χ3v) is 4.43. The Morgan fingerprint density at radius 2 is 2.08 bits per heavy atom. The number of carbonyl (C=O) groups excluding carboxylic acids is 2. The highest BCUT2D eigenvalue weighted by Gasteiger charge is 2.23. The molecule has 1 unspecified atom stereocenters. The van der Waals surface area contributed by atoms with Gasteiger partial charge in [-0.3, -0.25) is 4.79 Å². The van der Waals surface area contributed by atoms with Crippen molar-refractivity contribution in [1.82, 2.24) is 10.3 Å². The smallest absolute Gasteiger partial charge is 0.407 e. The monoisotopic (exact) mass is 373 g/mol. The van der Waals surface area contributed by atoms with Gasteiger partial charge in [-0.25, -0.2) is 9.78 Å². The molecule has 1 N–H and O–H groups in total. The highest BCUT2D eigenvalue weighted by Crippen LogP contribution is 2.28. The van der Waals surface area contributed by atoms with E-state index in [-0.39, 0.29) is 25.4 Å². The normalized spacial score (nSPS) is 11.3. The van der Waals surface area contributed by atoms with Crippen molar-refractivity contribution in [3.8, 4) is 23.1 Å². The van der Waals surface area contributed by atoms with E-state index in [0.717, 1.165) is 11.3 Å². The maximum Gasteiger partial charge on any atom is 0.407 e. The van der Waals surface area contributed by atoms with Crippen LogP contribution >= 0.6 is 11.3 Å². The maximum absolute atomic E-state index is 12.3. The lowest BCUT2D eigenvalue weighted by molar-refractivity contribution is -0.119. The molecule has 1 atom stereocenters. The van der Waals surface area contributed by atoms with E-state index < -0.39 is 12.0 Å². The summed E-state index contributed by atoms with van der Waals surface area (Å²) in [5.74, 6) is -0.501. The van der Waals surface area contributed by atoms with Gasteiger partial charge in [-0.1, -0.05) is 0 Å². The molecular weight excluding hydrogens is 354 g/mol. The molecule has 1 aromatic carbocycles. The van der Waals surface area contributed by atoms with Crippen molar-refractivity contribution in [2.75, 3.05) is 20.3 Å². The average molecular weight is 373 g/mol. The lowest BCUT2D eigenvalue weighted by Gasteiger charge is -2.07. The van der Waals surface area contributed by atoms with Crippen LogP contribution in [0, 0.1) is 11.3 Å². The number of nitrogens with one attached hydrogen (secondary N) is 1. The first-order valence-electron chi connectivity index (χ1n) is 8.01. The zero-order valence-corrected chi connectivity index (χ0v) is 15.3. The van der Waals surface area contributed by atoms with Crippen LogP contribution in [0.25, 0.3) is 11.3 Å². The molecule has 2 rings (SSSR count). The maximum atomic E-state index is 12.3. The lowest BCUT2D eigenvalue weighted by atomic mass is 10.0. The molecule has 0 aliphatic heterocycles. The van der Waals surface area contributed by atoms with E-state index >= 15 is 0 Å². The largest absolute Gasteiger partial charge is 0.497 e. The molecule has 0 aliphatic carbocycles. The van der Waals surface area contributed by atoms with Crippen LogP contribution in [0.5, 0.6) is 5.75 Å². The van der Waals surface area contributed by atoms with Gasteiger partial charge in [0, 0.05) is 23.9 Å². The predicted molar refractivity (Wildman–Crippen MR) is 97.1 cm³/mol. The average Bonchev–Trinajstić information content (AvgIpc) is 3.12. The molecule has 0 radical (unpaired) electrons. The third kappa shape index (κ3) is 5.04. The molecule has 1 heterocycles. The standard InChI is InChI=1S/C18H19N3O4S/c1-3-25-18(23)20-9-8-16(22)14(10-19)17-21-15(11-26-17)12-4-6-13(24-2)7-5-12/h4-7,11,14H,3,8-9H2,1-2H3,(H,20,23). The zero-order valence-electron chi connectivity index (χ0n) is 14.5. The fourth-order valence-corrected chi connectivity index (χ4v) is 3.09. The molecule has 8 heteroatoms. The Morgan fingerprint density at radius 3 is 2.69 bits per heavy atom. The van der Waals surface area contributed by atoms with Crippen LogP contribution in [-0.4, -0.2) is 37.1 Å². The number of aromatic nitrogens is 1. The third-order valence-electron chi connectivity index (χ3n) is 3.52. The summed E-state index contributed by atoms with van der Waals surface area (Å²) in [4.78, 5) is 27.9. The molecule has 0 saturated heterocycles. The van der Waals surface area contributed by atoms with Crippen LogP contribution in [0.4, 0.5) is 4.79 Å². The van der Waals surface area contributed by atoms with Gasteiger partial charge in [0.15, 0.2) is 11.7 Å². The van der Waals surface area contributed by atoms with Gasteiger partial charge in [-0.2, -0.15) is 5.26 Å². The Hall–Kier alpha value is -2.92. The summed E-state index contributed by atoms with van der Waals surface area (Å²) in [5.41, 5.74) is 1.58. The molecule has 136 valence electrons. The summed E-state index contributed by atoms with van der Waals surface area (Å²) >= 11 is 1.27. The number of alkyl carbamates (subject to hydrolysis) is 1. The van der Waals surface area contributed by atoms with E-state index in [1.54, 1.807) is 14.0 Å². The van der Waals surface area contributed by atoms with Crippen LogP contribution in [0.3, 0.4) is 0 Å². The molecule has 1 aromatic heterocycles. The molecule has 0 spiro atoms. The number of methoxy groups -OCH3 is 1. The van der Waals surface area contributed by atoms with Crippen LogP contribution in [0.15, 0.2) is 29.6 Å². The Labute approximate surface area is 155 Å². The predicted octanol–water partition coefficient (Wildman–Crippen LogP) is 3.13. The van der Waals surface area contributed by atoms with Gasteiger partial charge in [-0.05, 0) is 31.2 Å². The topological polar surface area (TPSA) is 101 Å². The number of Topliss-reactive ketones (excluding diaryl/α,β-unsaturated/α-hetero) is 1. The molecule has 0 aliphatic rings. The number of hydrogen-bond acceptors (Lipinski definition) is 7. The minimum atomic E-state index is -0.948. The van der Waals surface area contributed by atoms with E-state index in [2.05, 4.69) is 10.3 Å². The van der Waals surface area contributed by atoms with Gasteiger partial charge in [0.25, 0.3) is 0 Å². The summed E-state index contributed by atoms with van der Waals surface area (Å²) < 4.78 is 9.84. The van der Waals surface area contributed by atoms with E-state index in [1.165, 1.54) is 11.3 Å². The highest BCUT2D eigenvalue weighted by atomic mass is 32.1. The minimum Gasteiger partial charge on any atom is -0.497 e. The van der Waals surface area contributed by atoms with E-state index in [0.29, 0.717) is 10.7 Å². The molecule has 0 saturated carbocycles. The number of ketones is 1. The van der Waals surface area contributed by atoms with Crippen molar-refractivity contribution in [1.29, 1.82) is 5.26 Å². The molecular formula is C18H19N3O4S. The van der Waals surface area contributed by atoms with Gasteiger partial charge in [0.05, 0.1) is 25.5 Å². The fraction of sp³-hybridized carbons (Fsp3) is 0.333. The Morgan fingerprint density at radius 1 is 1.35 bits per heavy atom. The van der Waals surface area contributed by atoms with Gasteiger partial charge in [0.1, 0.15) is 10.8 Å². The number of benzene rings is 1. The lowest BCUT2D eigenvalue weighted by Crippen LogP contribution is -2.27. The Kier molecular flexibility index (Phi) is 7.12. The summed E-state index contributed by atoms with van der Waals surface area (Å²) in [5, 5.41) is 14.1. The van der Waals surface area contributed by atoms with Gasteiger partial charge >= 0.3 is 6.09 Å². The van der Waals surface area contributed by atoms with Crippen molar-refractivity contribution in [3.05, 3.63) is 34.7 Å². The number of nitrogens with zero attached hydrogens (tertiary/aromatic N) is 2. The molecule has 2 aromatic rings. The number of carbonyl (C=O) groups is 2. The highest BCUT2D eigenvalue weighted by molar-refractivity contribution is 7.10. The van der Waals surface area contributed by atoms with E-state index in [1.807, 2.05) is 35.7 Å². The Bertz CT molecular complexity index is 796. The quantitative estimate of drug-likeness (QED) is 0.763. The molecule has 0 bridgehead atoms. The zero-order chi connectivity index (χ0) is 18.9. The van der Waals surface area contributed by atoms with Crippen LogP contribution in [0.2, 0.25) is 0 Å². The number of nitriles is 1. The summed E-state index contributed by atoms with van der Waals surface area (Å²) in [6.45, 7) is 2.07. The minimum absolute atomic E-state index is 0.0362. The molecule has 7 nitrogen and oxygen atoms in total. The van der Waals surface area contributed by atoms with Crippen LogP contribution < -0.4 is 10.1 Å². The van der Waals surface area contributed by atoms with Crippen molar-refractivity contribution in [2.45, 2.75) is 19.3 Å². The van der Waals surface area contributed by atoms with Gasteiger partial charge in [0.2, 0.25) is 0 Å². The van der Waals surface area contributed by atoms with Gasteiger partial charge in [-0.15, -0.1) is 11.3 Å². The second kappa shape index (κ2) is 9.53. The van der Waals surface area contributed by atoms with Crippen molar-refractivity contribution < 1.29 is 19.1 Å². The number of amides is 1. The fourth-order valence-electron chi connectivity index (χ4n) is 2.19. The number of hydrogen-bond donors (Lipinski definition) is 1. The second-order valence-electron chi connectivity index (χ2n) is 5.23. The number of thiazole rings is 1. The van der Waals surface area contributed by atoms with Crippen molar-refractivity contribution in [2.24, 2.45) is 0 Å². The van der Waals surface area contributed by atoms with Crippen LogP contribution in [0.1, 0.15) is 24.3 Å². The van der Waals surface area contributed by atoms with Crippen molar-refractivity contribution in [3.63, 3.8) is 0 Å². The first-order valence-corrected chi connectivity index (χ1v) is 8.89. The van der Waals surface area contributed by atoms with Gasteiger partial charge < -0.3 is 14.8 Å². The van der Waals surface area contributed by atoms with Crippen molar-refractivity contribution >= 4 is 23.2 Å². The SMILES string of the molecule is CCOC(=O)NCCC(=O)C(C#N)c1nc(-c2ccc(OC)cc2)cs1. The number of ether oxygens (including phenoxy) is 2. The molecule has 1 amide bonds. The van der Waals surface area contributed by atoms with Crippen LogP contribution in [-0.2, 0) is 9.53 Å². The first kappa shape index (κ1) is 19.4.